The van der Waals surface area contributed by atoms with Gasteiger partial charge in [0.15, 0.2) is 0 Å². The van der Waals surface area contributed by atoms with Crippen molar-refractivity contribution in [1.82, 2.24) is 9.88 Å². The molecule has 1 aromatic heterocycles. The summed E-state index contributed by atoms with van der Waals surface area (Å²) in [4.78, 5) is 18.5. The van der Waals surface area contributed by atoms with Gasteiger partial charge in [0.2, 0.25) is 5.91 Å². The van der Waals surface area contributed by atoms with Gasteiger partial charge >= 0.3 is 0 Å². The molecule has 1 fully saturated rings. The normalized spacial score (nSPS) is 22.3. The highest BCUT2D eigenvalue weighted by Crippen LogP contribution is 2.41. The summed E-state index contributed by atoms with van der Waals surface area (Å²) in [6.45, 7) is 2.14. The Balaban J connectivity index is 1.59. The van der Waals surface area contributed by atoms with Gasteiger partial charge in [-0.05, 0) is 54.9 Å². The number of aromatic nitrogens is 1. The van der Waals surface area contributed by atoms with Crippen molar-refractivity contribution in [3.63, 3.8) is 0 Å². The quantitative estimate of drug-likeness (QED) is 0.494. The summed E-state index contributed by atoms with van der Waals surface area (Å²) in [7, 11) is 0. The number of alkyl halides is 1. The van der Waals surface area contributed by atoms with E-state index in [-0.39, 0.29) is 23.9 Å². The van der Waals surface area contributed by atoms with Crippen molar-refractivity contribution < 1.29 is 4.79 Å². The number of hydrogen-bond acceptors (Lipinski definition) is 1. The van der Waals surface area contributed by atoms with Gasteiger partial charge in [-0.1, -0.05) is 61.7 Å². The van der Waals surface area contributed by atoms with Crippen LogP contribution in [0.3, 0.4) is 0 Å². The molecule has 1 saturated carbocycles. The average molecular weight is 421 g/mol. The molecule has 2 aromatic carbocycles. The Morgan fingerprint density at radius 1 is 1.03 bits per heavy atom. The van der Waals surface area contributed by atoms with Gasteiger partial charge in [-0.2, -0.15) is 0 Å². The zero-order valence-corrected chi connectivity index (χ0v) is 18.3. The van der Waals surface area contributed by atoms with E-state index in [0.717, 1.165) is 23.2 Å². The van der Waals surface area contributed by atoms with E-state index >= 15 is 0 Å². The molecule has 0 spiro atoms. The summed E-state index contributed by atoms with van der Waals surface area (Å²) in [5, 5.41) is 1.26. The van der Waals surface area contributed by atoms with Crippen molar-refractivity contribution in [2.24, 2.45) is 0 Å². The van der Waals surface area contributed by atoms with Crippen LogP contribution in [0.4, 0.5) is 0 Å². The molecule has 4 heteroatoms. The number of nitrogens with zero attached hydrogens (tertiary/aromatic N) is 1. The molecule has 1 aliphatic heterocycles. The van der Waals surface area contributed by atoms with Gasteiger partial charge in [0, 0.05) is 22.6 Å². The number of nitrogens with one attached hydrogen (secondary N) is 1. The number of carbonyl (C=O) groups excluding carboxylic acids is 1. The highest BCUT2D eigenvalue weighted by atomic mass is 35.5. The SMILES string of the molecule is C[C@H]1Cc2c([nH]c3ccccc23)[C@H](c2ccc(C3CCCCC3)cc2)N1C(=O)CCl. The van der Waals surface area contributed by atoms with E-state index in [1.165, 1.54) is 48.6 Å². The zero-order valence-electron chi connectivity index (χ0n) is 17.5. The molecule has 0 radical (unpaired) electrons. The second-order valence-electron chi connectivity index (χ2n) is 8.95. The van der Waals surface area contributed by atoms with E-state index in [1.54, 1.807) is 0 Å². The number of fused-ring (bicyclic) bond motifs is 3. The predicted molar refractivity (Wildman–Crippen MR) is 123 cm³/mol. The first-order chi connectivity index (χ1) is 14.7. The molecular formula is C26H29ClN2O. The number of carbonyl (C=O) groups is 1. The van der Waals surface area contributed by atoms with E-state index in [9.17, 15) is 4.79 Å². The lowest BCUT2D eigenvalue weighted by atomic mass is 9.83. The van der Waals surface area contributed by atoms with Crippen LogP contribution in [0.25, 0.3) is 10.9 Å². The maximum absolute atomic E-state index is 12.9. The molecule has 1 amide bonds. The smallest absolute Gasteiger partial charge is 0.238 e. The number of H-pyrrole nitrogens is 1. The van der Waals surface area contributed by atoms with Crippen LogP contribution in [0.15, 0.2) is 48.5 Å². The fourth-order valence-corrected chi connectivity index (χ4v) is 5.77. The number of rotatable bonds is 3. The number of amides is 1. The molecule has 1 aliphatic carbocycles. The van der Waals surface area contributed by atoms with Gasteiger partial charge < -0.3 is 9.88 Å². The highest BCUT2D eigenvalue weighted by molar-refractivity contribution is 6.27. The van der Waals surface area contributed by atoms with Crippen molar-refractivity contribution in [3.8, 4) is 0 Å². The predicted octanol–water partition coefficient (Wildman–Crippen LogP) is 6.32. The first-order valence-electron chi connectivity index (χ1n) is 11.2. The largest absolute Gasteiger partial charge is 0.356 e. The van der Waals surface area contributed by atoms with Gasteiger partial charge in [-0.3, -0.25) is 4.79 Å². The van der Waals surface area contributed by atoms with Crippen LogP contribution < -0.4 is 0 Å². The maximum atomic E-state index is 12.9. The molecule has 3 nitrogen and oxygen atoms in total. The number of para-hydroxylation sites is 1. The molecule has 2 heterocycles. The van der Waals surface area contributed by atoms with Crippen LogP contribution in [-0.4, -0.2) is 27.7 Å². The van der Waals surface area contributed by atoms with Gasteiger partial charge in [-0.25, -0.2) is 0 Å². The second-order valence-corrected chi connectivity index (χ2v) is 9.22. The van der Waals surface area contributed by atoms with Crippen molar-refractivity contribution in [3.05, 3.63) is 70.9 Å². The minimum Gasteiger partial charge on any atom is -0.356 e. The van der Waals surface area contributed by atoms with Crippen LogP contribution in [-0.2, 0) is 11.2 Å². The van der Waals surface area contributed by atoms with E-state index < -0.39 is 0 Å². The van der Waals surface area contributed by atoms with Gasteiger partial charge in [0.1, 0.15) is 5.88 Å². The van der Waals surface area contributed by atoms with Gasteiger partial charge in [-0.15, -0.1) is 11.6 Å². The molecule has 5 rings (SSSR count). The molecule has 3 aromatic rings. The third kappa shape index (κ3) is 3.33. The topological polar surface area (TPSA) is 36.1 Å². The number of hydrogen-bond donors (Lipinski definition) is 1. The minimum absolute atomic E-state index is 0.00479. The first kappa shape index (κ1) is 19.7. The Kier molecular flexibility index (Phi) is 5.32. The Bertz CT molecular complexity index is 1050. The molecule has 2 aliphatic rings. The average Bonchev–Trinajstić information content (AvgIpc) is 3.16. The second kappa shape index (κ2) is 8.11. The monoisotopic (exact) mass is 420 g/mol. The van der Waals surface area contributed by atoms with E-state index in [1.807, 2.05) is 4.90 Å². The summed E-state index contributed by atoms with van der Waals surface area (Å²) in [5.74, 6) is 0.688. The number of benzene rings is 2. The van der Waals surface area contributed by atoms with Crippen LogP contribution >= 0.6 is 11.6 Å². The van der Waals surface area contributed by atoms with Crippen LogP contribution in [0.2, 0.25) is 0 Å². The Hall–Kier alpha value is -2.26. The van der Waals surface area contributed by atoms with Crippen molar-refractivity contribution in [1.29, 1.82) is 0 Å². The molecule has 2 atom stereocenters. The molecule has 0 saturated heterocycles. The Morgan fingerprint density at radius 3 is 2.47 bits per heavy atom. The summed E-state index contributed by atoms with van der Waals surface area (Å²) in [6, 6.07) is 17.5. The highest BCUT2D eigenvalue weighted by Gasteiger charge is 2.38. The summed E-state index contributed by atoms with van der Waals surface area (Å²) in [5.41, 5.74) is 6.21. The lowest BCUT2D eigenvalue weighted by Gasteiger charge is -2.41. The lowest BCUT2D eigenvalue weighted by molar-refractivity contribution is -0.133. The van der Waals surface area contributed by atoms with E-state index in [0.29, 0.717) is 5.92 Å². The van der Waals surface area contributed by atoms with Crippen molar-refractivity contribution >= 4 is 28.4 Å². The van der Waals surface area contributed by atoms with E-state index in [2.05, 4.69) is 60.4 Å². The molecule has 1 N–H and O–H groups in total. The van der Waals surface area contributed by atoms with Crippen molar-refractivity contribution in [2.45, 2.75) is 63.5 Å². The standard InChI is InChI=1S/C26H29ClN2O/c1-17-15-22-21-9-5-6-10-23(21)28-25(22)26(29(17)24(30)16-27)20-13-11-19(12-14-20)18-7-3-2-4-8-18/h5-6,9-14,17-18,26,28H,2-4,7-8,15-16H2,1H3/t17-,26-/m0/s1. The maximum Gasteiger partial charge on any atom is 0.238 e. The molecule has 156 valence electrons. The first-order valence-corrected chi connectivity index (χ1v) is 11.8. The third-order valence-corrected chi connectivity index (χ3v) is 7.33. The van der Waals surface area contributed by atoms with Crippen molar-refractivity contribution in [2.75, 3.05) is 5.88 Å². The Morgan fingerprint density at radius 2 is 1.73 bits per heavy atom. The summed E-state index contributed by atoms with van der Waals surface area (Å²) >= 11 is 6.03. The number of aromatic amines is 1. The fourth-order valence-electron chi connectivity index (χ4n) is 5.63. The minimum atomic E-state index is -0.122. The Labute approximate surface area is 183 Å². The third-order valence-electron chi connectivity index (χ3n) is 7.10. The molecule has 0 bridgehead atoms. The van der Waals surface area contributed by atoms with Crippen LogP contribution in [0.5, 0.6) is 0 Å². The molecule has 0 unspecified atom stereocenters. The number of halogens is 1. The summed E-state index contributed by atoms with van der Waals surface area (Å²) in [6.07, 6.45) is 7.48. The lowest BCUT2D eigenvalue weighted by Crippen LogP contribution is -2.46. The molecule has 30 heavy (non-hydrogen) atoms. The van der Waals surface area contributed by atoms with Crippen LogP contribution in [0, 0.1) is 0 Å². The summed E-state index contributed by atoms with van der Waals surface area (Å²) < 4.78 is 0. The van der Waals surface area contributed by atoms with Gasteiger partial charge in [0.05, 0.1) is 6.04 Å². The molecular weight excluding hydrogens is 392 g/mol. The van der Waals surface area contributed by atoms with Crippen LogP contribution in [0.1, 0.15) is 73.4 Å². The zero-order chi connectivity index (χ0) is 20.7. The van der Waals surface area contributed by atoms with Gasteiger partial charge in [0.25, 0.3) is 0 Å². The van der Waals surface area contributed by atoms with E-state index in [4.69, 9.17) is 11.6 Å². The fraction of sp³-hybridized carbons (Fsp3) is 0.423.